The average molecular weight is 344 g/mol. The summed E-state index contributed by atoms with van der Waals surface area (Å²) < 4.78 is 5.00. The van der Waals surface area contributed by atoms with Crippen molar-refractivity contribution in [3.05, 3.63) is 33.8 Å². The van der Waals surface area contributed by atoms with Crippen molar-refractivity contribution >= 4 is 35.1 Å². The smallest absolute Gasteiger partial charge is 0.338 e. The Kier molecular flexibility index (Phi) is 6.52. The number of rotatable bonds is 4. The monoisotopic (exact) mass is 343 g/mol. The summed E-state index contributed by atoms with van der Waals surface area (Å²) in [5.41, 5.74) is 0.275. The maximum atomic E-state index is 11.9. The van der Waals surface area contributed by atoms with E-state index in [1.54, 1.807) is 0 Å². The molecule has 22 heavy (non-hydrogen) atoms. The molecule has 1 N–H and O–H groups in total. The van der Waals surface area contributed by atoms with Crippen LogP contribution in [0, 0.1) is 0 Å². The van der Waals surface area contributed by atoms with Gasteiger partial charge in [0.15, 0.2) is 6.61 Å². The van der Waals surface area contributed by atoms with Crippen molar-refractivity contribution in [2.45, 2.75) is 44.6 Å². The fourth-order valence-corrected chi connectivity index (χ4v) is 2.83. The van der Waals surface area contributed by atoms with Crippen LogP contribution in [0.4, 0.5) is 0 Å². The normalized spacial score (nSPS) is 15.9. The van der Waals surface area contributed by atoms with Crippen LogP contribution in [-0.4, -0.2) is 24.5 Å². The Bertz CT molecular complexity index is 540. The summed E-state index contributed by atoms with van der Waals surface area (Å²) in [6.45, 7) is -0.282. The van der Waals surface area contributed by atoms with E-state index in [2.05, 4.69) is 5.32 Å². The zero-order valence-electron chi connectivity index (χ0n) is 12.2. The van der Waals surface area contributed by atoms with Crippen LogP contribution in [0.15, 0.2) is 18.2 Å². The predicted molar refractivity (Wildman–Crippen MR) is 86.4 cm³/mol. The molecule has 0 radical (unpaired) electrons. The number of benzene rings is 1. The highest BCUT2D eigenvalue weighted by molar-refractivity contribution is 6.42. The van der Waals surface area contributed by atoms with Crippen molar-refractivity contribution in [3.63, 3.8) is 0 Å². The summed E-state index contributed by atoms with van der Waals surface area (Å²) in [5, 5.41) is 3.56. The summed E-state index contributed by atoms with van der Waals surface area (Å²) in [4.78, 5) is 23.7. The molecule has 1 fully saturated rings. The molecular formula is C16H19Cl2NO3. The zero-order chi connectivity index (χ0) is 15.9. The van der Waals surface area contributed by atoms with Crippen LogP contribution in [0.2, 0.25) is 10.0 Å². The first kappa shape index (κ1) is 17.1. The highest BCUT2D eigenvalue weighted by Gasteiger charge is 2.16. The van der Waals surface area contributed by atoms with E-state index in [4.69, 9.17) is 27.9 Å². The van der Waals surface area contributed by atoms with Gasteiger partial charge in [-0.1, -0.05) is 48.9 Å². The van der Waals surface area contributed by atoms with Crippen LogP contribution in [0.25, 0.3) is 0 Å². The van der Waals surface area contributed by atoms with Crippen LogP contribution < -0.4 is 5.32 Å². The number of hydrogen-bond acceptors (Lipinski definition) is 3. The first-order valence-corrected chi connectivity index (χ1v) is 8.23. The van der Waals surface area contributed by atoms with Crippen molar-refractivity contribution in [2.24, 2.45) is 0 Å². The minimum atomic E-state index is -0.588. The molecule has 1 saturated carbocycles. The fraction of sp³-hybridized carbons (Fsp3) is 0.500. The number of carbonyl (C=O) groups is 2. The van der Waals surface area contributed by atoms with Crippen molar-refractivity contribution in [2.75, 3.05) is 6.61 Å². The lowest BCUT2D eigenvalue weighted by Crippen LogP contribution is -2.37. The van der Waals surface area contributed by atoms with Crippen molar-refractivity contribution in [3.8, 4) is 0 Å². The van der Waals surface area contributed by atoms with Gasteiger partial charge in [-0.2, -0.15) is 0 Å². The molecule has 120 valence electrons. The van der Waals surface area contributed by atoms with Crippen LogP contribution in [0.1, 0.15) is 48.9 Å². The minimum absolute atomic E-state index is 0.193. The summed E-state index contributed by atoms with van der Waals surface area (Å²) in [6, 6.07) is 4.65. The topological polar surface area (TPSA) is 55.4 Å². The summed E-state index contributed by atoms with van der Waals surface area (Å²) in [5.74, 6) is -0.852. The Balaban J connectivity index is 1.79. The Morgan fingerprint density at radius 2 is 1.77 bits per heavy atom. The van der Waals surface area contributed by atoms with E-state index in [0.717, 1.165) is 25.7 Å². The molecular weight excluding hydrogens is 325 g/mol. The Morgan fingerprint density at radius 3 is 2.41 bits per heavy atom. The van der Waals surface area contributed by atoms with Crippen LogP contribution in [0.3, 0.4) is 0 Å². The molecule has 0 bridgehead atoms. The molecule has 6 heteroatoms. The van der Waals surface area contributed by atoms with Gasteiger partial charge in [-0.05, 0) is 31.0 Å². The molecule has 1 aliphatic rings. The molecule has 1 aromatic rings. The largest absolute Gasteiger partial charge is 0.452 e. The van der Waals surface area contributed by atoms with Gasteiger partial charge in [0.2, 0.25) is 0 Å². The van der Waals surface area contributed by atoms with E-state index in [-0.39, 0.29) is 29.1 Å². The number of halogens is 2. The maximum absolute atomic E-state index is 11.9. The number of esters is 1. The van der Waals surface area contributed by atoms with Gasteiger partial charge in [0, 0.05) is 6.04 Å². The highest BCUT2D eigenvalue weighted by Crippen LogP contribution is 2.23. The molecule has 1 aromatic carbocycles. The van der Waals surface area contributed by atoms with E-state index < -0.39 is 5.97 Å². The molecule has 2 rings (SSSR count). The van der Waals surface area contributed by atoms with Crippen molar-refractivity contribution < 1.29 is 14.3 Å². The molecule has 0 atom stereocenters. The van der Waals surface area contributed by atoms with Crippen LogP contribution in [-0.2, 0) is 9.53 Å². The van der Waals surface area contributed by atoms with E-state index in [1.807, 2.05) is 0 Å². The highest BCUT2D eigenvalue weighted by atomic mass is 35.5. The lowest BCUT2D eigenvalue weighted by Gasteiger charge is -2.16. The van der Waals surface area contributed by atoms with Gasteiger partial charge in [-0.3, -0.25) is 4.79 Å². The molecule has 0 spiro atoms. The van der Waals surface area contributed by atoms with Gasteiger partial charge < -0.3 is 10.1 Å². The molecule has 1 amide bonds. The third kappa shape index (κ3) is 5.18. The second-order valence-electron chi connectivity index (χ2n) is 5.46. The number of hydrogen-bond donors (Lipinski definition) is 1. The quantitative estimate of drug-likeness (QED) is 0.664. The lowest BCUT2D eigenvalue weighted by molar-refractivity contribution is -0.125. The molecule has 0 aliphatic heterocycles. The fourth-order valence-electron chi connectivity index (χ4n) is 2.53. The summed E-state index contributed by atoms with van der Waals surface area (Å²) in [6.07, 6.45) is 6.69. The third-order valence-electron chi connectivity index (χ3n) is 3.71. The van der Waals surface area contributed by atoms with Gasteiger partial charge in [0.25, 0.3) is 5.91 Å². The molecule has 0 heterocycles. The van der Waals surface area contributed by atoms with Gasteiger partial charge in [-0.25, -0.2) is 4.79 Å². The second kappa shape index (κ2) is 8.39. The van der Waals surface area contributed by atoms with Gasteiger partial charge >= 0.3 is 5.97 Å². The number of carbonyl (C=O) groups excluding carboxylic acids is 2. The third-order valence-corrected chi connectivity index (χ3v) is 4.45. The molecule has 4 nitrogen and oxygen atoms in total. The van der Waals surface area contributed by atoms with E-state index in [0.29, 0.717) is 5.02 Å². The molecule has 0 unspecified atom stereocenters. The SMILES string of the molecule is O=C(COC(=O)c1ccc(Cl)c(Cl)c1)NC1CCCCCC1. The second-order valence-corrected chi connectivity index (χ2v) is 6.28. The van der Waals surface area contributed by atoms with Crippen LogP contribution in [0.5, 0.6) is 0 Å². The lowest BCUT2D eigenvalue weighted by atomic mass is 10.1. The van der Waals surface area contributed by atoms with E-state index in [9.17, 15) is 9.59 Å². The number of ether oxygens (including phenoxy) is 1. The number of amides is 1. The standard InChI is InChI=1S/C16H19Cl2NO3/c17-13-8-7-11(9-14(13)18)16(21)22-10-15(20)19-12-5-3-1-2-4-6-12/h7-9,12H,1-6,10H2,(H,19,20). The van der Waals surface area contributed by atoms with E-state index >= 15 is 0 Å². The van der Waals surface area contributed by atoms with E-state index in [1.165, 1.54) is 31.0 Å². The van der Waals surface area contributed by atoms with Gasteiger partial charge in [0.05, 0.1) is 15.6 Å². The first-order valence-electron chi connectivity index (χ1n) is 7.48. The Morgan fingerprint density at radius 1 is 1.09 bits per heavy atom. The Labute approximate surface area is 140 Å². The van der Waals surface area contributed by atoms with Crippen molar-refractivity contribution in [1.29, 1.82) is 0 Å². The first-order chi connectivity index (χ1) is 10.6. The Hall–Kier alpha value is -1.26. The van der Waals surface area contributed by atoms with Gasteiger partial charge in [0.1, 0.15) is 0 Å². The minimum Gasteiger partial charge on any atom is -0.452 e. The van der Waals surface area contributed by atoms with Gasteiger partial charge in [-0.15, -0.1) is 0 Å². The van der Waals surface area contributed by atoms with Crippen LogP contribution >= 0.6 is 23.2 Å². The summed E-state index contributed by atoms with van der Waals surface area (Å²) >= 11 is 11.6. The molecule has 1 aliphatic carbocycles. The van der Waals surface area contributed by atoms with Crippen molar-refractivity contribution in [1.82, 2.24) is 5.32 Å². The molecule has 0 aromatic heterocycles. The average Bonchev–Trinajstić information content (AvgIpc) is 2.76. The predicted octanol–water partition coefficient (Wildman–Crippen LogP) is 3.99. The number of nitrogens with one attached hydrogen (secondary N) is 1. The zero-order valence-corrected chi connectivity index (χ0v) is 13.8. The maximum Gasteiger partial charge on any atom is 0.338 e. The molecule has 0 saturated heterocycles. The summed E-state index contributed by atoms with van der Waals surface area (Å²) in [7, 11) is 0.